The van der Waals surface area contributed by atoms with E-state index in [9.17, 15) is 0 Å². The van der Waals surface area contributed by atoms with E-state index in [2.05, 4.69) is 46.4 Å². The summed E-state index contributed by atoms with van der Waals surface area (Å²) in [6, 6.07) is 0.786. The Labute approximate surface area is 109 Å². The minimum atomic E-state index is 0.786. The van der Waals surface area contributed by atoms with E-state index in [1.807, 2.05) is 0 Å². The van der Waals surface area contributed by atoms with E-state index in [1.165, 1.54) is 32.4 Å². The lowest BCUT2D eigenvalue weighted by atomic mass is 9.77. The zero-order valence-corrected chi connectivity index (χ0v) is 12.9. The summed E-state index contributed by atoms with van der Waals surface area (Å²) in [6.45, 7) is 17.1. The van der Waals surface area contributed by atoms with Crippen LogP contribution in [0.15, 0.2) is 0 Å². The molecule has 0 aliphatic carbocycles. The van der Waals surface area contributed by atoms with Crippen LogP contribution in [0.25, 0.3) is 0 Å². The maximum Gasteiger partial charge on any atom is 0.00695 e. The quantitative estimate of drug-likeness (QED) is 0.663. The second-order valence-electron chi connectivity index (χ2n) is 6.77. The Hall–Kier alpha value is -0.0400. The molecule has 1 saturated heterocycles. The van der Waals surface area contributed by atoms with Crippen molar-refractivity contribution in [2.24, 2.45) is 23.7 Å². The molecule has 1 heterocycles. The summed E-state index contributed by atoms with van der Waals surface area (Å²) in [5.74, 6) is 3.35. The largest absolute Gasteiger partial charge is 0.301 e. The van der Waals surface area contributed by atoms with Crippen molar-refractivity contribution >= 4 is 0 Å². The minimum absolute atomic E-state index is 0.786. The van der Waals surface area contributed by atoms with E-state index in [1.54, 1.807) is 0 Å². The van der Waals surface area contributed by atoms with Crippen LogP contribution in [0.3, 0.4) is 0 Å². The smallest absolute Gasteiger partial charge is 0.00695 e. The van der Waals surface area contributed by atoms with Gasteiger partial charge in [0.25, 0.3) is 0 Å². The van der Waals surface area contributed by atoms with Gasteiger partial charge in [0, 0.05) is 6.04 Å². The molecule has 102 valence electrons. The van der Waals surface area contributed by atoms with Gasteiger partial charge in [-0.25, -0.2) is 0 Å². The average Bonchev–Trinajstić information content (AvgIpc) is 2.80. The van der Waals surface area contributed by atoms with Crippen molar-refractivity contribution in [1.29, 1.82) is 0 Å². The van der Waals surface area contributed by atoms with Crippen LogP contribution in [0.4, 0.5) is 0 Å². The topological polar surface area (TPSA) is 3.24 Å². The van der Waals surface area contributed by atoms with Crippen molar-refractivity contribution in [3.8, 4) is 0 Å². The van der Waals surface area contributed by atoms with Crippen LogP contribution in [0.1, 0.15) is 60.8 Å². The highest BCUT2D eigenvalue weighted by molar-refractivity contribution is 4.78. The number of hydrogen-bond donors (Lipinski definition) is 0. The van der Waals surface area contributed by atoms with Crippen LogP contribution >= 0.6 is 0 Å². The van der Waals surface area contributed by atoms with Crippen molar-refractivity contribution in [3.05, 3.63) is 0 Å². The van der Waals surface area contributed by atoms with Crippen molar-refractivity contribution in [1.82, 2.24) is 4.90 Å². The van der Waals surface area contributed by atoms with Gasteiger partial charge in [0.05, 0.1) is 0 Å². The van der Waals surface area contributed by atoms with Crippen LogP contribution in [0.5, 0.6) is 0 Å². The first-order valence-corrected chi connectivity index (χ1v) is 7.67. The molecule has 0 N–H and O–H groups in total. The van der Waals surface area contributed by atoms with Crippen molar-refractivity contribution < 1.29 is 0 Å². The molecule has 0 saturated carbocycles. The summed E-state index contributed by atoms with van der Waals surface area (Å²) in [4.78, 5) is 2.68. The predicted octanol–water partition coefficient (Wildman–Crippen LogP) is 4.43. The first-order chi connectivity index (χ1) is 7.93. The Bertz CT molecular complexity index is 206. The highest BCUT2D eigenvalue weighted by atomic mass is 15.2. The van der Waals surface area contributed by atoms with Gasteiger partial charge in [0.15, 0.2) is 0 Å². The lowest BCUT2D eigenvalue weighted by Crippen LogP contribution is -2.33. The standard InChI is InChI=1S/C16H33N/c1-12(2)15(5)16(6)13(3)11-14(4)17-9-7-8-10-17/h12-16H,7-11H2,1-6H3. The number of hydrogen-bond acceptors (Lipinski definition) is 1. The van der Waals surface area contributed by atoms with Crippen LogP contribution in [0, 0.1) is 23.7 Å². The zero-order chi connectivity index (χ0) is 13.0. The monoisotopic (exact) mass is 239 g/mol. The van der Waals surface area contributed by atoms with Gasteiger partial charge in [-0.2, -0.15) is 0 Å². The Morgan fingerprint density at radius 1 is 0.824 bits per heavy atom. The highest BCUT2D eigenvalue weighted by Crippen LogP contribution is 2.30. The SMILES string of the molecule is CC(C)C(C)C(C)C(C)CC(C)N1CCCC1. The molecule has 0 aromatic heterocycles. The fourth-order valence-electron chi connectivity index (χ4n) is 3.21. The summed E-state index contributed by atoms with van der Waals surface area (Å²) in [7, 11) is 0. The molecule has 17 heavy (non-hydrogen) atoms. The van der Waals surface area contributed by atoms with Gasteiger partial charge >= 0.3 is 0 Å². The molecule has 0 bridgehead atoms. The third kappa shape index (κ3) is 4.28. The van der Waals surface area contributed by atoms with Crippen LogP contribution < -0.4 is 0 Å². The molecular weight excluding hydrogens is 206 g/mol. The molecule has 4 atom stereocenters. The normalized spacial score (nSPS) is 24.9. The molecule has 0 aromatic carbocycles. The van der Waals surface area contributed by atoms with Gasteiger partial charge in [-0.15, -0.1) is 0 Å². The summed E-state index contributed by atoms with van der Waals surface area (Å²) in [5, 5.41) is 0. The Morgan fingerprint density at radius 3 is 1.82 bits per heavy atom. The molecule has 1 nitrogen and oxygen atoms in total. The van der Waals surface area contributed by atoms with E-state index in [0.29, 0.717) is 0 Å². The summed E-state index contributed by atoms with van der Waals surface area (Å²) >= 11 is 0. The molecule has 1 heteroatoms. The molecule has 1 aliphatic rings. The molecule has 0 spiro atoms. The van der Waals surface area contributed by atoms with Gasteiger partial charge in [-0.3, -0.25) is 0 Å². The molecule has 0 aromatic rings. The van der Waals surface area contributed by atoms with Crippen LogP contribution in [-0.2, 0) is 0 Å². The third-order valence-corrected chi connectivity index (χ3v) is 5.26. The number of likely N-dealkylation sites (tertiary alicyclic amines) is 1. The Kier molecular flexibility index (Phi) is 5.99. The Balaban J connectivity index is 2.39. The van der Waals surface area contributed by atoms with Crippen molar-refractivity contribution in [2.75, 3.05) is 13.1 Å². The maximum absolute atomic E-state index is 2.68. The van der Waals surface area contributed by atoms with Crippen LogP contribution in [-0.4, -0.2) is 24.0 Å². The minimum Gasteiger partial charge on any atom is -0.301 e. The van der Waals surface area contributed by atoms with Gasteiger partial charge in [-0.1, -0.05) is 34.6 Å². The average molecular weight is 239 g/mol. The molecule has 0 amide bonds. The molecule has 1 fully saturated rings. The Morgan fingerprint density at radius 2 is 1.35 bits per heavy atom. The van der Waals surface area contributed by atoms with E-state index in [0.717, 1.165) is 29.7 Å². The molecule has 4 unspecified atom stereocenters. The van der Waals surface area contributed by atoms with Gasteiger partial charge in [-0.05, 0) is 62.9 Å². The van der Waals surface area contributed by atoms with E-state index in [-0.39, 0.29) is 0 Å². The highest BCUT2D eigenvalue weighted by Gasteiger charge is 2.25. The fraction of sp³-hybridized carbons (Fsp3) is 1.00. The maximum atomic E-state index is 2.68. The number of nitrogens with zero attached hydrogens (tertiary/aromatic N) is 1. The van der Waals surface area contributed by atoms with Gasteiger partial charge < -0.3 is 4.90 Å². The molecular formula is C16H33N. The summed E-state index contributed by atoms with van der Waals surface area (Å²) < 4.78 is 0. The fourth-order valence-corrected chi connectivity index (χ4v) is 3.21. The molecule has 1 rings (SSSR count). The van der Waals surface area contributed by atoms with Crippen molar-refractivity contribution in [2.45, 2.75) is 66.8 Å². The summed E-state index contributed by atoms with van der Waals surface area (Å²) in [5.41, 5.74) is 0. The summed E-state index contributed by atoms with van der Waals surface area (Å²) in [6.07, 6.45) is 4.20. The third-order valence-electron chi connectivity index (χ3n) is 5.26. The van der Waals surface area contributed by atoms with E-state index >= 15 is 0 Å². The van der Waals surface area contributed by atoms with E-state index < -0.39 is 0 Å². The lowest BCUT2D eigenvalue weighted by molar-refractivity contribution is 0.162. The lowest BCUT2D eigenvalue weighted by Gasteiger charge is -2.33. The van der Waals surface area contributed by atoms with Crippen molar-refractivity contribution in [3.63, 3.8) is 0 Å². The van der Waals surface area contributed by atoms with Gasteiger partial charge in [0.1, 0.15) is 0 Å². The number of rotatable bonds is 6. The molecule has 0 radical (unpaired) electrons. The van der Waals surface area contributed by atoms with Gasteiger partial charge in [0.2, 0.25) is 0 Å². The second-order valence-corrected chi connectivity index (χ2v) is 6.77. The predicted molar refractivity (Wildman–Crippen MR) is 77.2 cm³/mol. The second kappa shape index (κ2) is 6.78. The molecule has 1 aliphatic heterocycles. The van der Waals surface area contributed by atoms with Crippen LogP contribution in [0.2, 0.25) is 0 Å². The first-order valence-electron chi connectivity index (χ1n) is 7.67. The van der Waals surface area contributed by atoms with E-state index in [4.69, 9.17) is 0 Å². The first kappa shape index (κ1) is 15.0. The zero-order valence-electron chi connectivity index (χ0n) is 12.9.